The van der Waals surface area contributed by atoms with Gasteiger partial charge in [-0.05, 0) is 44.2 Å². The number of benzene rings is 2. The fraction of sp³-hybridized carbons (Fsp3) is 0.292. The number of esters is 1. The summed E-state index contributed by atoms with van der Waals surface area (Å²) in [6, 6.07) is 11.6. The van der Waals surface area contributed by atoms with E-state index in [0.717, 1.165) is 0 Å². The number of hydrogen-bond acceptors (Lipinski definition) is 7. The number of carbonyl (C=O) groups excluding carboxylic acids is 2. The third kappa shape index (κ3) is 5.43. The van der Waals surface area contributed by atoms with Gasteiger partial charge in [-0.2, -0.15) is 0 Å². The highest BCUT2D eigenvalue weighted by atomic mass is 16.6. The van der Waals surface area contributed by atoms with E-state index in [1.807, 2.05) is 0 Å². The van der Waals surface area contributed by atoms with Crippen LogP contribution in [0.5, 0.6) is 17.2 Å². The second-order valence-corrected chi connectivity index (χ2v) is 7.09. The minimum absolute atomic E-state index is 0.200. The van der Waals surface area contributed by atoms with Crippen LogP contribution in [0.25, 0.3) is 10.8 Å². The van der Waals surface area contributed by atoms with Crippen molar-refractivity contribution in [3.05, 3.63) is 59.0 Å². The summed E-state index contributed by atoms with van der Waals surface area (Å²) in [5.74, 6) is 0.512. The second-order valence-electron chi connectivity index (χ2n) is 7.09. The third-order valence-electron chi connectivity index (χ3n) is 4.90. The molecule has 3 aromatic rings. The van der Waals surface area contributed by atoms with Gasteiger partial charge in [-0.3, -0.25) is 9.59 Å². The van der Waals surface area contributed by atoms with Crippen LogP contribution in [-0.2, 0) is 20.9 Å². The highest BCUT2D eigenvalue weighted by Gasteiger charge is 2.18. The SMILES string of the molecule is CCOC(=O)[C@H](C)Oc1cccc2c(=O)n(CC(=O)Nc3ccc(OC)cc3OC)ccc12. The molecule has 0 fully saturated rings. The lowest BCUT2D eigenvalue weighted by atomic mass is 10.1. The number of nitrogens with one attached hydrogen (secondary N) is 1. The van der Waals surface area contributed by atoms with Gasteiger partial charge in [0.05, 0.1) is 31.9 Å². The Morgan fingerprint density at radius 3 is 2.52 bits per heavy atom. The summed E-state index contributed by atoms with van der Waals surface area (Å²) in [5, 5.41) is 3.64. The Balaban J connectivity index is 1.81. The van der Waals surface area contributed by atoms with Crippen molar-refractivity contribution in [2.45, 2.75) is 26.5 Å². The van der Waals surface area contributed by atoms with Gasteiger partial charge in [-0.15, -0.1) is 0 Å². The smallest absolute Gasteiger partial charge is 0.347 e. The lowest BCUT2D eigenvalue weighted by Crippen LogP contribution is -2.28. The first-order valence-electron chi connectivity index (χ1n) is 10.3. The molecule has 0 bridgehead atoms. The van der Waals surface area contributed by atoms with Crippen LogP contribution in [0.3, 0.4) is 0 Å². The number of rotatable bonds is 9. The molecule has 33 heavy (non-hydrogen) atoms. The van der Waals surface area contributed by atoms with Crippen LogP contribution in [0, 0.1) is 0 Å². The molecule has 1 amide bonds. The summed E-state index contributed by atoms with van der Waals surface area (Å²) in [6.45, 7) is 3.34. The lowest BCUT2D eigenvalue weighted by molar-refractivity contribution is -0.150. The number of pyridine rings is 1. The van der Waals surface area contributed by atoms with Gasteiger partial charge in [0.2, 0.25) is 5.91 Å². The molecule has 1 aromatic heterocycles. The zero-order valence-electron chi connectivity index (χ0n) is 18.9. The number of ether oxygens (including phenoxy) is 4. The number of nitrogens with zero attached hydrogens (tertiary/aromatic N) is 1. The molecular weight excluding hydrogens is 428 g/mol. The predicted octanol–water partition coefficient (Wildman–Crippen LogP) is 2.99. The first-order chi connectivity index (χ1) is 15.9. The fourth-order valence-electron chi connectivity index (χ4n) is 3.26. The van der Waals surface area contributed by atoms with Crippen LogP contribution in [-0.4, -0.2) is 43.4 Å². The summed E-state index contributed by atoms with van der Waals surface area (Å²) in [7, 11) is 3.02. The van der Waals surface area contributed by atoms with Gasteiger partial charge >= 0.3 is 5.97 Å². The second kappa shape index (κ2) is 10.5. The monoisotopic (exact) mass is 454 g/mol. The van der Waals surface area contributed by atoms with Crippen LogP contribution in [0.1, 0.15) is 13.8 Å². The van der Waals surface area contributed by atoms with E-state index >= 15 is 0 Å². The standard InChI is InChI=1S/C24H26N2O7/c1-5-32-24(29)15(2)33-20-8-6-7-18-17(20)11-12-26(23(18)28)14-22(27)25-19-10-9-16(30-3)13-21(19)31-4/h6-13,15H,5,14H2,1-4H3,(H,25,27)/t15-/m0/s1. The molecule has 0 aliphatic carbocycles. The van der Waals surface area contributed by atoms with E-state index in [2.05, 4.69) is 5.32 Å². The molecule has 0 spiro atoms. The molecule has 174 valence electrons. The van der Waals surface area contributed by atoms with Gasteiger partial charge in [-0.1, -0.05) is 6.07 Å². The van der Waals surface area contributed by atoms with E-state index in [1.54, 1.807) is 56.3 Å². The number of aromatic nitrogens is 1. The molecular formula is C24H26N2O7. The van der Waals surface area contributed by atoms with Crippen molar-refractivity contribution in [2.75, 3.05) is 26.1 Å². The van der Waals surface area contributed by atoms with E-state index in [4.69, 9.17) is 18.9 Å². The van der Waals surface area contributed by atoms with Crippen molar-refractivity contribution < 1.29 is 28.5 Å². The number of anilines is 1. The number of methoxy groups -OCH3 is 2. The largest absolute Gasteiger partial charge is 0.497 e. The quantitative estimate of drug-likeness (QED) is 0.496. The maximum atomic E-state index is 13.0. The molecule has 9 nitrogen and oxygen atoms in total. The molecule has 0 saturated carbocycles. The highest BCUT2D eigenvalue weighted by molar-refractivity contribution is 5.93. The lowest BCUT2D eigenvalue weighted by Gasteiger charge is -2.16. The normalized spacial score (nSPS) is 11.5. The molecule has 3 rings (SSSR count). The predicted molar refractivity (Wildman–Crippen MR) is 123 cm³/mol. The van der Waals surface area contributed by atoms with Crippen LogP contribution < -0.4 is 25.1 Å². The van der Waals surface area contributed by atoms with Crippen molar-refractivity contribution in [1.29, 1.82) is 0 Å². The van der Waals surface area contributed by atoms with Crippen molar-refractivity contribution in [3.8, 4) is 17.2 Å². The number of amides is 1. The molecule has 1 N–H and O–H groups in total. The topological polar surface area (TPSA) is 105 Å². The maximum Gasteiger partial charge on any atom is 0.347 e. The third-order valence-corrected chi connectivity index (χ3v) is 4.90. The Labute approximate surface area is 190 Å². The Morgan fingerprint density at radius 1 is 1.03 bits per heavy atom. The summed E-state index contributed by atoms with van der Waals surface area (Å²) in [4.78, 5) is 37.5. The van der Waals surface area contributed by atoms with Gasteiger partial charge in [0.25, 0.3) is 5.56 Å². The zero-order chi connectivity index (χ0) is 24.0. The van der Waals surface area contributed by atoms with Gasteiger partial charge in [0.15, 0.2) is 6.10 Å². The minimum Gasteiger partial charge on any atom is -0.497 e. The van der Waals surface area contributed by atoms with E-state index < -0.39 is 18.0 Å². The Kier molecular flexibility index (Phi) is 7.55. The Morgan fingerprint density at radius 2 is 1.82 bits per heavy atom. The first-order valence-corrected chi connectivity index (χ1v) is 10.3. The van der Waals surface area contributed by atoms with Crippen LogP contribution in [0.15, 0.2) is 53.5 Å². The summed E-state index contributed by atoms with van der Waals surface area (Å²) < 4.78 is 22.4. The molecule has 1 atom stereocenters. The van der Waals surface area contributed by atoms with Crippen LogP contribution in [0.2, 0.25) is 0 Å². The van der Waals surface area contributed by atoms with Gasteiger partial charge < -0.3 is 28.8 Å². The number of carbonyl (C=O) groups is 2. The molecule has 0 radical (unpaired) electrons. The summed E-state index contributed by atoms with van der Waals surface area (Å²) in [6.07, 6.45) is 0.681. The van der Waals surface area contributed by atoms with Crippen molar-refractivity contribution in [2.24, 2.45) is 0 Å². The molecule has 0 aliphatic heterocycles. The number of fused-ring (bicyclic) bond motifs is 1. The molecule has 2 aromatic carbocycles. The van der Waals surface area contributed by atoms with E-state index in [0.29, 0.717) is 33.7 Å². The molecule has 0 unspecified atom stereocenters. The van der Waals surface area contributed by atoms with Crippen LogP contribution in [0.4, 0.5) is 5.69 Å². The van der Waals surface area contributed by atoms with E-state index in [9.17, 15) is 14.4 Å². The first kappa shape index (κ1) is 23.6. The van der Waals surface area contributed by atoms with Crippen molar-refractivity contribution in [1.82, 2.24) is 4.57 Å². The summed E-state index contributed by atoms with van der Waals surface area (Å²) >= 11 is 0. The van der Waals surface area contributed by atoms with Crippen molar-refractivity contribution >= 4 is 28.3 Å². The van der Waals surface area contributed by atoms with Gasteiger partial charge in [-0.25, -0.2) is 4.79 Å². The van der Waals surface area contributed by atoms with E-state index in [-0.39, 0.29) is 18.7 Å². The highest BCUT2D eigenvalue weighted by Crippen LogP contribution is 2.29. The molecule has 1 heterocycles. The van der Waals surface area contributed by atoms with E-state index in [1.165, 1.54) is 25.0 Å². The average molecular weight is 454 g/mol. The molecule has 0 aliphatic rings. The molecule has 0 saturated heterocycles. The van der Waals surface area contributed by atoms with Crippen molar-refractivity contribution in [3.63, 3.8) is 0 Å². The molecule has 9 heteroatoms. The fourth-order valence-corrected chi connectivity index (χ4v) is 3.26. The van der Waals surface area contributed by atoms with Crippen LogP contribution >= 0.6 is 0 Å². The summed E-state index contributed by atoms with van der Waals surface area (Å²) in [5.41, 5.74) is 0.0966. The maximum absolute atomic E-state index is 13.0. The minimum atomic E-state index is -0.830. The zero-order valence-corrected chi connectivity index (χ0v) is 18.9. The van der Waals surface area contributed by atoms with Gasteiger partial charge in [0, 0.05) is 17.6 Å². The van der Waals surface area contributed by atoms with Gasteiger partial charge in [0.1, 0.15) is 23.8 Å². The number of hydrogen-bond donors (Lipinski definition) is 1. The Hall–Kier alpha value is -4.01. The average Bonchev–Trinajstić information content (AvgIpc) is 2.81. The Bertz CT molecular complexity index is 1220.